The highest BCUT2D eigenvalue weighted by atomic mass is 28.4. The van der Waals surface area contributed by atoms with Crippen molar-refractivity contribution in [1.82, 2.24) is 0 Å². The van der Waals surface area contributed by atoms with Gasteiger partial charge < -0.3 is 23.7 Å². The van der Waals surface area contributed by atoms with Gasteiger partial charge in [-0.1, -0.05) is 20.8 Å². The molecule has 0 spiro atoms. The van der Waals surface area contributed by atoms with Crippen molar-refractivity contribution in [1.29, 1.82) is 0 Å². The van der Waals surface area contributed by atoms with Crippen molar-refractivity contribution in [2.24, 2.45) is 0 Å². The average Bonchev–Trinajstić information content (AvgIpc) is 2.76. The summed E-state index contributed by atoms with van der Waals surface area (Å²) < 4.78 is 22.8. The van der Waals surface area contributed by atoms with E-state index < -0.39 is 32.3 Å². The van der Waals surface area contributed by atoms with Crippen LogP contribution in [0.25, 0.3) is 0 Å². The van der Waals surface area contributed by atoms with Crippen LogP contribution in [0.15, 0.2) is 23.2 Å². The number of rotatable bonds is 3. The molecule has 2 rings (SSSR count). The summed E-state index contributed by atoms with van der Waals surface area (Å²) in [6.07, 6.45) is 0.162. The highest BCUT2D eigenvalue weighted by Gasteiger charge is 2.51. The van der Waals surface area contributed by atoms with E-state index in [2.05, 4.69) is 33.9 Å². The largest absolute Gasteiger partial charge is 0.544 e. The minimum atomic E-state index is -2.16. The van der Waals surface area contributed by atoms with Crippen molar-refractivity contribution in [2.75, 3.05) is 7.11 Å². The molecule has 24 heavy (non-hydrogen) atoms. The lowest BCUT2D eigenvalue weighted by atomic mass is 9.98. The monoisotopic (exact) mass is 356 g/mol. The highest BCUT2D eigenvalue weighted by Crippen LogP contribution is 2.44. The second-order valence-electron chi connectivity index (χ2n) is 8.18. The zero-order valence-corrected chi connectivity index (χ0v) is 16.7. The van der Waals surface area contributed by atoms with Gasteiger partial charge in [0.05, 0.1) is 7.11 Å². The Morgan fingerprint density at radius 2 is 1.79 bits per heavy atom. The normalized spacial score (nSPS) is 26.8. The molecule has 6 nitrogen and oxygen atoms in total. The summed E-state index contributed by atoms with van der Waals surface area (Å²) in [5.41, 5.74) is 0.0498. The number of carbonyl (C=O) groups is 1. The number of hydrogen-bond donors (Lipinski definition) is 1. The Morgan fingerprint density at radius 3 is 2.29 bits per heavy atom. The van der Waals surface area contributed by atoms with Crippen LogP contribution in [0.3, 0.4) is 0 Å². The number of aliphatic hydroxyl groups is 1. The Hall–Kier alpha value is -1.31. The Balaban J connectivity index is 2.46. The number of fused-ring (bicyclic) bond motifs is 1. The van der Waals surface area contributed by atoms with Crippen molar-refractivity contribution in [3.05, 3.63) is 23.2 Å². The highest BCUT2D eigenvalue weighted by molar-refractivity contribution is 6.74. The first-order valence-corrected chi connectivity index (χ1v) is 11.0. The molecule has 0 amide bonds. The molecule has 0 bridgehead atoms. The second kappa shape index (κ2) is 5.89. The van der Waals surface area contributed by atoms with Crippen molar-refractivity contribution < 1.29 is 28.5 Å². The molecule has 1 aliphatic carbocycles. The van der Waals surface area contributed by atoms with Gasteiger partial charge in [0.2, 0.25) is 8.32 Å². The fourth-order valence-electron chi connectivity index (χ4n) is 2.43. The summed E-state index contributed by atoms with van der Waals surface area (Å²) in [5.74, 6) is -1.18. The van der Waals surface area contributed by atoms with Crippen molar-refractivity contribution in [3.63, 3.8) is 0 Å². The van der Waals surface area contributed by atoms with Gasteiger partial charge in [-0.05, 0) is 38.1 Å². The number of aliphatic hydroxyl groups excluding tert-OH is 1. The van der Waals surface area contributed by atoms with Gasteiger partial charge >= 0.3 is 5.97 Å². The zero-order valence-electron chi connectivity index (χ0n) is 15.7. The maximum Gasteiger partial charge on any atom is 0.341 e. The molecule has 0 aromatic rings. The SMILES string of the molecule is COC(=O)C1=C(O)[C@H]2OC(C)(C)O[C@H]2C(O[Si](C)(C)C(C)(C)C)=C1. The molecular formula is C17H28O6Si. The number of esters is 1. The fraction of sp³-hybridized carbons (Fsp3) is 0.706. The fourth-order valence-corrected chi connectivity index (χ4v) is 3.50. The lowest BCUT2D eigenvalue weighted by molar-refractivity contribution is -0.145. The zero-order chi connectivity index (χ0) is 18.5. The predicted molar refractivity (Wildman–Crippen MR) is 91.9 cm³/mol. The number of methoxy groups -OCH3 is 1. The van der Waals surface area contributed by atoms with E-state index in [1.54, 1.807) is 13.8 Å². The maximum atomic E-state index is 12.0. The van der Waals surface area contributed by atoms with Crippen molar-refractivity contribution in [2.45, 2.75) is 70.7 Å². The van der Waals surface area contributed by atoms with Crippen LogP contribution in [0.2, 0.25) is 18.1 Å². The summed E-state index contributed by atoms with van der Waals surface area (Å²) in [7, 11) is -0.885. The third-order valence-electron chi connectivity index (χ3n) is 4.79. The summed E-state index contributed by atoms with van der Waals surface area (Å²) in [6, 6.07) is 0. The lowest BCUT2D eigenvalue weighted by Crippen LogP contribution is -2.44. The molecular weight excluding hydrogens is 328 g/mol. The Kier molecular flexibility index (Phi) is 4.67. The molecule has 0 unspecified atom stereocenters. The van der Waals surface area contributed by atoms with Crippen LogP contribution in [-0.2, 0) is 23.4 Å². The van der Waals surface area contributed by atoms with Crippen LogP contribution in [0, 0.1) is 0 Å². The third-order valence-corrected chi connectivity index (χ3v) is 9.15. The molecule has 136 valence electrons. The van der Waals surface area contributed by atoms with Crippen LogP contribution in [0.4, 0.5) is 0 Å². The minimum Gasteiger partial charge on any atom is -0.544 e. The molecule has 2 atom stereocenters. The number of carbonyl (C=O) groups excluding carboxylic acids is 1. The van der Waals surface area contributed by atoms with E-state index in [0.29, 0.717) is 5.76 Å². The van der Waals surface area contributed by atoms with E-state index in [0.717, 1.165) is 0 Å². The van der Waals surface area contributed by atoms with Gasteiger partial charge in [-0.2, -0.15) is 0 Å². The quantitative estimate of drug-likeness (QED) is 0.617. The Morgan fingerprint density at radius 1 is 1.25 bits per heavy atom. The van der Waals surface area contributed by atoms with E-state index in [4.69, 9.17) is 18.6 Å². The van der Waals surface area contributed by atoms with E-state index in [1.807, 2.05) is 0 Å². The summed E-state index contributed by atoms with van der Waals surface area (Å²) in [5, 5.41) is 10.4. The van der Waals surface area contributed by atoms with Gasteiger partial charge in [0.15, 0.2) is 11.9 Å². The van der Waals surface area contributed by atoms with Gasteiger partial charge in [-0.15, -0.1) is 0 Å². The molecule has 0 aromatic heterocycles. The molecule has 1 heterocycles. The van der Waals surface area contributed by atoms with Gasteiger partial charge in [0, 0.05) is 0 Å². The molecule has 7 heteroatoms. The Bertz CT molecular complexity index is 597. The summed E-state index contributed by atoms with van der Waals surface area (Å²) >= 11 is 0. The van der Waals surface area contributed by atoms with Crippen LogP contribution >= 0.6 is 0 Å². The molecule has 1 aliphatic heterocycles. The predicted octanol–water partition coefficient (Wildman–Crippen LogP) is 3.41. The molecule has 0 aromatic carbocycles. The molecule has 1 fully saturated rings. The Labute approximate surface area is 144 Å². The van der Waals surface area contributed by atoms with Crippen LogP contribution in [0.1, 0.15) is 34.6 Å². The van der Waals surface area contributed by atoms with Gasteiger partial charge in [0.25, 0.3) is 0 Å². The van der Waals surface area contributed by atoms with E-state index in [-0.39, 0.29) is 16.4 Å². The minimum absolute atomic E-state index is 0.0209. The van der Waals surface area contributed by atoms with Crippen LogP contribution < -0.4 is 0 Å². The average molecular weight is 356 g/mol. The van der Waals surface area contributed by atoms with Gasteiger partial charge in [0.1, 0.15) is 23.2 Å². The summed E-state index contributed by atoms with van der Waals surface area (Å²) in [6.45, 7) is 14.1. The van der Waals surface area contributed by atoms with Gasteiger partial charge in [-0.3, -0.25) is 0 Å². The number of ether oxygens (including phenoxy) is 3. The first-order chi connectivity index (χ1) is 10.8. The molecule has 1 saturated heterocycles. The smallest absolute Gasteiger partial charge is 0.341 e. The van der Waals surface area contributed by atoms with Crippen LogP contribution in [0.5, 0.6) is 0 Å². The van der Waals surface area contributed by atoms with Crippen molar-refractivity contribution in [3.8, 4) is 0 Å². The standard InChI is InChI=1S/C17H28O6Si/c1-16(2,3)24(7,8)23-11-9-10(15(19)20-6)12(18)14-13(11)21-17(4,5)22-14/h9,13-14,18H,1-8H3/t13-,14+/m0/s1. The van der Waals surface area contributed by atoms with Crippen LogP contribution in [-0.4, -0.2) is 44.5 Å². The first kappa shape index (κ1) is 19.0. The third kappa shape index (κ3) is 3.38. The molecule has 0 radical (unpaired) electrons. The van der Waals surface area contributed by atoms with Gasteiger partial charge in [-0.25, -0.2) is 4.79 Å². The molecule has 1 N–H and O–H groups in total. The molecule has 2 aliphatic rings. The van der Waals surface area contributed by atoms with E-state index in [1.165, 1.54) is 13.2 Å². The van der Waals surface area contributed by atoms with E-state index in [9.17, 15) is 9.90 Å². The lowest BCUT2D eigenvalue weighted by Gasteiger charge is -2.39. The second-order valence-corrected chi connectivity index (χ2v) is 12.9. The number of hydrogen-bond acceptors (Lipinski definition) is 6. The van der Waals surface area contributed by atoms with Crippen molar-refractivity contribution >= 4 is 14.3 Å². The summed E-state index contributed by atoms with van der Waals surface area (Å²) in [4.78, 5) is 12.0. The maximum absolute atomic E-state index is 12.0. The van der Waals surface area contributed by atoms with E-state index >= 15 is 0 Å². The molecule has 0 saturated carbocycles. The topological polar surface area (TPSA) is 74.2 Å². The first-order valence-electron chi connectivity index (χ1n) is 8.07.